The van der Waals surface area contributed by atoms with Crippen molar-refractivity contribution in [2.45, 2.75) is 32.2 Å². The zero-order valence-corrected chi connectivity index (χ0v) is 24.0. The zero-order valence-electron chi connectivity index (χ0n) is 24.0. The van der Waals surface area contributed by atoms with E-state index in [4.69, 9.17) is 14.2 Å². The monoisotopic (exact) mass is 555 g/mol. The number of para-hydroxylation sites is 2. The molecule has 0 bridgehead atoms. The lowest BCUT2D eigenvalue weighted by atomic mass is 9.75. The molecule has 41 heavy (non-hydrogen) atoms. The topological polar surface area (TPSA) is 71.5 Å². The van der Waals surface area contributed by atoms with Crippen molar-refractivity contribution < 1.29 is 23.8 Å². The van der Waals surface area contributed by atoms with E-state index in [0.29, 0.717) is 69.4 Å². The first-order valence-corrected chi connectivity index (χ1v) is 14.5. The number of anilines is 1. The molecule has 2 amide bonds. The standard InChI is InChI=1S/C33H37N3O5/c1-4-40-28-20-22-14-15-36-31(25(22)21-29(28)41-5-2)30(23-10-6-7-11-24(23)32(36)37)33(38)35-18-16-34(17-19-35)26-12-8-9-13-27(26)39-3/h6-13,20-21,30-31H,4-5,14-19H2,1-3H3/t30-,31-/m1/s1. The lowest BCUT2D eigenvalue weighted by Crippen LogP contribution is -2.54. The van der Waals surface area contributed by atoms with E-state index >= 15 is 0 Å². The SMILES string of the molecule is CCOc1cc2c(cc1OCC)[C@@H]1[C@H](C(=O)N3CCN(c4ccccc4OC)CC3)c3ccccc3C(=O)N1CC2. The van der Waals surface area contributed by atoms with E-state index in [2.05, 4.69) is 11.0 Å². The predicted molar refractivity (Wildman–Crippen MR) is 157 cm³/mol. The summed E-state index contributed by atoms with van der Waals surface area (Å²) in [7, 11) is 1.68. The summed E-state index contributed by atoms with van der Waals surface area (Å²) in [5.74, 6) is 1.72. The molecule has 2 atom stereocenters. The first-order chi connectivity index (χ1) is 20.0. The summed E-state index contributed by atoms with van der Waals surface area (Å²) in [6.07, 6.45) is 0.699. The highest BCUT2D eigenvalue weighted by Crippen LogP contribution is 2.49. The Morgan fingerprint density at radius 1 is 0.829 bits per heavy atom. The molecule has 3 heterocycles. The van der Waals surface area contributed by atoms with Crippen molar-refractivity contribution in [1.29, 1.82) is 0 Å². The Bertz CT molecular complexity index is 1450. The number of piperazine rings is 1. The quantitative estimate of drug-likeness (QED) is 0.422. The number of hydrogen-bond acceptors (Lipinski definition) is 6. The maximum absolute atomic E-state index is 14.5. The van der Waals surface area contributed by atoms with Crippen LogP contribution in [0.25, 0.3) is 0 Å². The number of hydrogen-bond donors (Lipinski definition) is 0. The second-order valence-corrected chi connectivity index (χ2v) is 10.6. The number of nitrogens with zero attached hydrogens (tertiary/aromatic N) is 3. The number of fused-ring (bicyclic) bond motifs is 4. The summed E-state index contributed by atoms with van der Waals surface area (Å²) in [5.41, 5.74) is 4.53. The summed E-state index contributed by atoms with van der Waals surface area (Å²) in [6, 6.07) is 19.2. The Hall–Kier alpha value is -4.20. The van der Waals surface area contributed by atoms with Gasteiger partial charge in [-0.05, 0) is 67.3 Å². The maximum atomic E-state index is 14.5. The number of carbonyl (C=O) groups excluding carboxylic acids is 2. The Balaban J connectivity index is 1.36. The van der Waals surface area contributed by atoms with Crippen LogP contribution in [0.3, 0.4) is 0 Å². The molecule has 0 aliphatic carbocycles. The molecule has 0 N–H and O–H groups in total. The first kappa shape index (κ1) is 27.0. The van der Waals surface area contributed by atoms with Crippen LogP contribution < -0.4 is 19.1 Å². The molecule has 0 spiro atoms. The van der Waals surface area contributed by atoms with Gasteiger partial charge in [-0.3, -0.25) is 9.59 Å². The van der Waals surface area contributed by atoms with Crippen LogP contribution in [-0.4, -0.2) is 74.7 Å². The molecule has 0 unspecified atom stereocenters. The van der Waals surface area contributed by atoms with Gasteiger partial charge in [0.1, 0.15) is 5.75 Å². The highest BCUT2D eigenvalue weighted by atomic mass is 16.5. The van der Waals surface area contributed by atoms with Gasteiger partial charge in [-0.2, -0.15) is 0 Å². The van der Waals surface area contributed by atoms with Crippen LogP contribution in [0.1, 0.15) is 52.9 Å². The largest absolute Gasteiger partial charge is 0.495 e. The fourth-order valence-corrected chi connectivity index (χ4v) is 6.59. The van der Waals surface area contributed by atoms with Crippen LogP contribution >= 0.6 is 0 Å². The Kier molecular flexibility index (Phi) is 7.47. The number of methoxy groups -OCH3 is 1. The van der Waals surface area contributed by atoms with Gasteiger partial charge in [0.15, 0.2) is 11.5 Å². The van der Waals surface area contributed by atoms with Crippen LogP contribution in [0.5, 0.6) is 17.2 Å². The van der Waals surface area contributed by atoms with Gasteiger partial charge < -0.3 is 28.9 Å². The van der Waals surface area contributed by atoms with Crippen LogP contribution in [0.4, 0.5) is 5.69 Å². The van der Waals surface area contributed by atoms with Crippen LogP contribution in [0.15, 0.2) is 60.7 Å². The normalized spacial score (nSPS) is 19.7. The van der Waals surface area contributed by atoms with E-state index in [0.717, 1.165) is 28.1 Å². The second-order valence-electron chi connectivity index (χ2n) is 10.6. The fourth-order valence-electron chi connectivity index (χ4n) is 6.59. The third-order valence-corrected chi connectivity index (χ3v) is 8.47. The van der Waals surface area contributed by atoms with Crippen molar-refractivity contribution in [3.8, 4) is 17.2 Å². The minimum Gasteiger partial charge on any atom is -0.495 e. The molecule has 0 aromatic heterocycles. The summed E-state index contributed by atoms with van der Waals surface area (Å²) in [4.78, 5) is 34.4. The first-order valence-electron chi connectivity index (χ1n) is 14.5. The zero-order chi connectivity index (χ0) is 28.5. The fraction of sp³-hybridized carbons (Fsp3) is 0.394. The molecule has 0 radical (unpaired) electrons. The maximum Gasteiger partial charge on any atom is 0.254 e. The molecule has 3 aliphatic rings. The number of carbonyl (C=O) groups is 2. The summed E-state index contributed by atoms with van der Waals surface area (Å²) in [6.45, 7) is 8.07. The van der Waals surface area contributed by atoms with Gasteiger partial charge in [-0.15, -0.1) is 0 Å². The minimum absolute atomic E-state index is 0.0202. The second kappa shape index (κ2) is 11.4. The van der Waals surface area contributed by atoms with E-state index in [-0.39, 0.29) is 11.8 Å². The molecule has 1 saturated heterocycles. The lowest BCUT2D eigenvalue weighted by Gasteiger charge is -2.47. The number of amides is 2. The Morgan fingerprint density at radius 2 is 1.51 bits per heavy atom. The third kappa shape index (κ3) is 4.75. The van der Waals surface area contributed by atoms with Crippen molar-refractivity contribution in [2.24, 2.45) is 0 Å². The van der Waals surface area contributed by atoms with Gasteiger partial charge in [0.2, 0.25) is 5.91 Å². The molecule has 214 valence electrons. The average Bonchev–Trinajstić information content (AvgIpc) is 3.01. The van der Waals surface area contributed by atoms with Crippen LogP contribution in [0.2, 0.25) is 0 Å². The van der Waals surface area contributed by atoms with Crippen molar-refractivity contribution in [3.05, 3.63) is 82.9 Å². The molecule has 3 aromatic carbocycles. The summed E-state index contributed by atoms with van der Waals surface area (Å²) in [5, 5.41) is 0. The van der Waals surface area contributed by atoms with Crippen molar-refractivity contribution >= 4 is 17.5 Å². The van der Waals surface area contributed by atoms with Crippen LogP contribution in [-0.2, 0) is 11.2 Å². The summed E-state index contributed by atoms with van der Waals surface area (Å²) < 4.78 is 17.5. The molecule has 6 rings (SSSR count). The molecule has 3 aliphatic heterocycles. The predicted octanol–water partition coefficient (Wildman–Crippen LogP) is 4.68. The number of benzene rings is 3. The smallest absolute Gasteiger partial charge is 0.254 e. The Labute approximate surface area is 241 Å². The molecule has 8 nitrogen and oxygen atoms in total. The third-order valence-electron chi connectivity index (χ3n) is 8.47. The van der Waals surface area contributed by atoms with Gasteiger partial charge >= 0.3 is 0 Å². The van der Waals surface area contributed by atoms with Crippen molar-refractivity contribution in [1.82, 2.24) is 9.80 Å². The van der Waals surface area contributed by atoms with E-state index in [1.807, 2.05) is 78.2 Å². The van der Waals surface area contributed by atoms with Gasteiger partial charge in [-0.25, -0.2) is 0 Å². The molecule has 3 aromatic rings. The lowest BCUT2D eigenvalue weighted by molar-refractivity contribution is -0.135. The van der Waals surface area contributed by atoms with Gasteiger partial charge in [0.25, 0.3) is 5.91 Å². The highest BCUT2D eigenvalue weighted by molar-refractivity contribution is 6.01. The van der Waals surface area contributed by atoms with Gasteiger partial charge in [-0.1, -0.05) is 30.3 Å². The van der Waals surface area contributed by atoms with Gasteiger partial charge in [0, 0.05) is 38.3 Å². The molecule has 0 saturated carbocycles. The van der Waals surface area contributed by atoms with E-state index in [9.17, 15) is 9.59 Å². The molecule has 1 fully saturated rings. The molecular weight excluding hydrogens is 518 g/mol. The molecule has 8 heteroatoms. The Morgan fingerprint density at radius 3 is 2.24 bits per heavy atom. The highest BCUT2D eigenvalue weighted by Gasteiger charge is 2.48. The van der Waals surface area contributed by atoms with E-state index < -0.39 is 12.0 Å². The number of rotatable bonds is 7. The van der Waals surface area contributed by atoms with E-state index in [1.54, 1.807) is 7.11 Å². The number of ether oxygens (including phenoxy) is 3. The minimum atomic E-state index is -0.506. The average molecular weight is 556 g/mol. The van der Waals surface area contributed by atoms with Crippen molar-refractivity contribution in [3.63, 3.8) is 0 Å². The summed E-state index contributed by atoms with van der Waals surface area (Å²) >= 11 is 0. The van der Waals surface area contributed by atoms with Gasteiger partial charge in [0.05, 0.1) is 38.0 Å². The van der Waals surface area contributed by atoms with Crippen LogP contribution in [0, 0.1) is 0 Å². The molecular formula is C33H37N3O5. The van der Waals surface area contributed by atoms with E-state index in [1.165, 1.54) is 0 Å². The van der Waals surface area contributed by atoms with Crippen molar-refractivity contribution in [2.75, 3.05) is 57.9 Å².